The summed E-state index contributed by atoms with van der Waals surface area (Å²) in [6.45, 7) is 5.35. The number of amides is 1. The lowest BCUT2D eigenvalue weighted by Gasteiger charge is -2.17. The smallest absolute Gasteiger partial charge is 0.322 e. The highest BCUT2D eigenvalue weighted by Gasteiger charge is 2.19. The number of carbonyl (C=O) groups is 2. The van der Waals surface area contributed by atoms with E-state index in [-0.39, 0.29) is 11.6 Å². The lowest BCUT2D eigenvalue weighted by molar-refractivity contribution is -0.108. The van der Waals surface area contributed by atoms with Crippen LogP contribution in [0.4, 0.5) is 5.69 Å². The lowest BCUT2D eigenvalue weighted by atomic mass is 9.96. The second kappa shape index (κ2) is 15.1. The minimum absolute atomic E-state index is 0.138. The quantitative estimate of drug-likeness (QED) is 0.189. The summed E-state index contributed by atoms with van der Waals surface area (Å²) in [4.78, 5) is 53.5. The Morgan fingerprint density at radius 3 is 2.47 bits per heavy atom. The van der Waals surface area contributed by atoms with Crippen LogP contribution in [0.2, 0.25) is 5.02 Å². The van der Waals surface area contributed by atoms with Gasteiger partial charge in [-0.15, -0.1) is 0 Å². The van der Waals surface area contributed by atoms with Crippen molar-refractivity contribution >= 4 is 29.5 Å². The Hall–Kier alpha value is -4.38. The van der Waals surface area contributed by atoms with E-state index in [1.807, 2.05) is 50.4 Å². The maximum Gasteiger partial charge on any atom is 0.330 e. The molecule has 1 amide bonds. The Balaban J connectivity index is 1.60. The summed E-state index contributed by atoms with van der Waals surface area (Å²) in [6, 6.07) is 15.5. The third-order valence-corrected chi connectivity index (χ3v) is 8.40. The number of pyridine rings is 1. The molecule has 0 bridgehead atoms. The Kier molecular flexibility index (Phi) is 11.2. The number of aromatic nitrogens is 3. The summed E-state index contributed by atoms with van der Waals surface area (Å²) < 4.78 is 2.10. The zero-order valence-corrected chi connectivity index (χ0v) is 27.0. The average molecular weight is 631 g/mol. The number of benzene rings is 2. The number of rotatable bonds is 13. The number of likely N-dealkylation sites (N-methyl/N-ethyl adjacent to an activating group) is 1. The summed E-state index contributed by atoms with van der Waals surface area (Å²) in [5.74, 6) is -0.611. The van der Waals surface area contributed by atoms with Crippen LogP contribution in [0.3, 0.4) is 0 Å². The minimum Gasteiger partial charge on any atom is -0.322 e. The number of aryl methyl sites for hydroxylation is 2. The zero-order valence-electron chi connectivity index (χ0n) is 26.2. The average Bonchev–Trinajstić information content (AvgIpc) is 3.04. The molecule has 4 rings (SSSR count). The van der Waals surface area contributed by atoms with Crippen LogP contribution in [0.15, 0.2) is 64.3 Å². The van der Waals surface area contributed by atoms with Gasteiger partial charge in [0.15, 0.2) is 0 Å². The Labute approximate surface area is 267 Å². The monoisotopic (exact) mass is 630 g/mol. The topological polar surface area (TPSA) is 127 Å². The van der Waals surface area contributed by atoms with Gasteiger partial charge in [0.1, 0.15) is 11.8 Å². The first-order valence-corrected chi connectivity index (χ1v) is 15.3. The molecule has 2 aromatic carbocycles. The van der Waals surface area contributed by atoms with Gasteiger partial charge >= 0.3 is 5.69 Å². The molecule has 0 aliphatic carbocycles. The predicted octanol–water partition coefficient (Wildman–Crippen LogP) is 4.25. The molecule has 4 aromatic rings. The van der Waals surface area contributed by atoms with Gasteiger partial charge in [-0.1, -0.05) is 54.9 Å². The second-order valence-corrected chi connectivity index (χ2v) is 11.3. The van der Waals surface area contributed by atoms with E-state index < -0.39 is 17.2 Å². The third-order valence-electron chi connectivity index (χ3n) is 7.99. The highest BCUT2D eigenvalue weighted by molar-refractivity contribution is 6.36. The summed E-state index contributed by atoms with van der Waals surface area (Å²) >= 11 is 7.04. The summed E-state index contributed by atoms with van der Waals surface area (Å²) in [7, 11) is 4.72. The first-order valence-electron chi connectivity index (χ1n) is 14.9. The number of halogens is 1. The molecule has 236 valence electrons. The van der Waals surface area contributed by atoms with Crippen molar-refractivity contribution in [3.63, 3.8) is 0 Å². The first-order chi connectivity index (χ1) is 21.6. The van der Waals surface area contributed by atoms with Crippen molar-refractivity contribution in [2.24, 2.45) is 14.1 Å². The number of hydrogen-bond acceptors (Lipinski definition) is 7. The number of nitrogens with zero attached hydrogens (tertiary/aromatic N) is 3. The van der Waals surface area contributed by atoms with Gasteiger partial charge in [0.25, 0.3) is 11.5 Å². The molecule has 0 fully saturated rings. The van der Waals surface area contributed by atoms with Crippen LogP contribution < -0.4 is 27.2 Å². The first kappa shape index (κ1) is 33.5. The normalized spacial score (nSPS) is 11.8. The van der Waals surface area contributed by atoms with Crippen molar-refractivity contribution in [3.05, 3.63) is 103 Å². The molecule has 0 saturated heterocycles. The van der Waals surface area contributed by atoms with Crippen LogP contribution in [-0.4, -0.2) is 45.9 Å². The van der Waals surface area contributed by atoms with E-state index >= 15 is 0 Å². The maximum absolute atomic E-state index is 13.1. The van der Waals surface area contributed by atoms with Crippen LogP contribution in [0, 0.1) is 6.92 Å². The fourth-order valence-corrected chi connectivity index (χ4v) is 5.62. The van der Waals surface area contributed by atoms with Crippen molar-refractivity contribution in [1.82, 2.24) is 24.8 Å². The van der Waals surface area contributed by atoms with Crippen LogP contribution in [0.5, 0.6) is 0 Å². The Morgan fingerprint density at radius 2 is 1.76 bits per heavy atom. The van der Waals surface area contributed by atoms with Gasteiger partial charge in [0, 0.05) is 68.4 Å². The molecule has 0 aliphatic rings. The van der Waals surface area contributed by atoms with Crippen molar-refractivity contribution < 1.29 is 9.59 Å². The largest absolute Gasteiger partial charge is 0.330 e. The van der Waals surface area contributed by atoms with Crippen LogP contribution in [0.1, 0.15) is 46.9 Å². The standard InChI is InChI=1S/C34H39ClN6O4/c1-6-28-22(18-37-19-23(36-3)10-9-17-42)15-16-30(38-28)26-13-7-12-25(31(26)35)24-11-8-14-29(21(24)2)39-32(43)27-20-40(4)34(45)41(5)33(27)44/h7-8,11-17,20,23,36-37H,6,9-10,18-19H2,1-5H3,(H,39,43). The van der Waals surface area contributed by atoms with Gasteiger partial charge in [0.2, 0.25) is 0 Å². The van der Waals surface area contributed by atoms with Gasteiger partial charge in [-0.25, -0.2) is 4.79 Å². The minimum atomic E-state index is -0.669. The molecule has 1 unspecified atom stereocenters. The molecule has 11 heteroatoms. The fourth-order valence-electron chi connectivity index (χ4n) is 5.30. The molecular formula is C34H39ClN6O4. The lowest BCUT2D eigenvalue weighted by Crippen LogP contribution is -2.40. The Morgan fingerprint density at radius 1 is 1.04 bits per heavy atom. The number of hydrogen-bond donors (Lipinski definition) is 3. The van der Waals surface area contributed by atoms with E-state index in [9.17, 15) is 19.2 Å². The summed E-state index contributed by atoms with van der Waals surface area (Å²) in [6.07, 6.45) is 4.25. The zero-order chi connectivity index (χ0) is 32.7. The van der Waals surface area contributed by atoms with Crippen molar-refractivity contribution in [2.45, 2.75) is 45.7 Å². The fraction of sp³-hybridized carbons (Fsp3) is 0.324. The van der Waals surface area contributed by atoms with E-state index in [2.05, 4.69) is 28.9 Å². The van der Waals surface area contributed by atoms with Gasteiger partial charge in [-0.3, -0.25) is 19.1 Å². The van der Waals surface area contributed by atoms with Gasteiger partial charge in [-0.05, 0) is 55.6 Å². The van der Waals surface area contributed by atoms with Crippen LogP contribution in [0.25, 0.3) is 22.4 Å². The van der Waals surface area contributed by atoms with E-state index in [1.165, 1.54) is 24.9 Å². The van der Waals surface area contributed by atoms with Crippen LogP contribution >= 0.6 is 11.6 Å². The highest BCUT2D eigenvalue weighted by Crippen LogP contribution is 2.39. The molecular weight excluding hydrogens is 592 g/mol. The van der Waals surface area contributed by atoms with Crippen LogP contribution in [-0.2, 0) is 31.9 Å². The summed E-state index contributed by atoms with van der Waals surface area (Å²) in [5.41, 5.74) is 5.18. The highest BCUT2D eigenvalue weighted by atomic mass is 35.5. The van der Waals surface area contributed by atoms with E-state index in [0.717, 1.165) is 69.4 Å². The van der Waals surface area contributed by atoms with E-state index in [4.69, 9.17) is 16.6 Å². The van der Waals surface area contributed by atoms with Gasteiger partial charge < -0.3 is 25.3 Å². The molecule has 10 nitrogen and oxygen atoms in total. The molecule has 0 spiro atoms. The summed E-state index contributed by atoms with van der Waals surface area (Å²) in [5, 5.41) is 10.1. The third kappa shape index (κ3) is 7.47. The molecule has 45 heavy (non-hydrogen) atoms. The Bertz CT molecular complexity index is 1830. The molecule has 2 heterocycles. The second-order valence-electron chi connectivity index (χ2n) is 10.9. The molecule has 0 radical (unpaired) electrons. The maximum atomic E-state index is 13.1. The molecule has 0 saturated carbocycles. The van der Waals surface area contributed by atoms with Gasteiger partial charge in [-0.2, -0.15) is 0 Å². The predicted molar refractivity (Wildman–Crippen MR) is 179 cm³/mol. The molecule has 0 aliphatic heterocycles. The van der Waals surface area contributed by atoms with Crippen molar-refractivity contribution in [2.75, 3.05) is 18.9 Å². The SMILES string of the molecule is CCc1nc(-c2cccc(-c3cccc(NC(=O)c4cn(C)c(=O)n(C)c4=O)c3C)c2Cl)ccc1CNCC(CCC=O)NC. The molecule has 1 atom stereocenters. The van der Waals surface area contributed by atoms with Crippen molar-refractivity contribution in [1.29, 1.82) is 0 Å². The number of nitrogens with one attached hydrogen (secondary N) is 3. The molecule has 3 N–H and O–H groups in total. The number of anilines is 1. The van der Waals surface area contributed by atoms with Crippen molar-refractivity contribution in [3.8, 4) is 22.4 Å². The number of aldehydes is 1. The van der Waals surface area contributed by atoms with E-state index in [0.29, 0.717) is 23.7 Å². The number of carbonyl (C=O) groups excluding carboxylic acids is 2. The van der Waals surface area contributed by atoms with Gasteiger partial charge in [0.05, 0.1) is 10.7 Å². The van der Waals surface area contributed by atoms with E-state index in [1.54, 1.807) is 6.07 Å². The molecule has 2 aromatic heterocycles.